The molecule has 0 spiro atoms. The summed E-state index contributed by atoms with van der Waals surface area (Å²) in [4.78, 5) is 16.9. The Morgan fingerprint density at radius 1 is 1.22 bits per heavy atom. The fourth-order valence-corrected chi connectivity index (χ4v) is 2.90. The van der Waals surface area contributed by atoms with E-state index < -0.39 is 0 Å². The summed E-state index contributed by atoms with van der Waals surface area (Å²) in [5, 5.41) is 3.18. The minimum atomic E-state index is -0.0159. The van der Waals surface area contributed by atoms with Gasteiger partial charge in [-0.05, 0) is 27.9 Å². The summed E-state index contributed by atoms with van der Waals surface area (Å²) in [6.45, 7) is 7.21. The monoisotopic (exact) mass is 255 g/mol. The van der Waals surface area contributed by atoms with E-state index >= 15 is 0 Å². The van der Waals surface area contributed by atoms with Gasteiger partial charge >= 0.3 is 0 Å². The van der Waals surface area contributed by atoms with Gasteiger partial charge in [-0.2, -0.15) is 0 Å². The molecule has 2 saturated heterocycles. The second-order valence-corrected chi connectivity index (χ2v) is 5.65. The zero-order valence-corrected chi connectivity index (χ0v) is 11.8. The molecule has 0 aromatic rings. The Bertz CT molecular complexity index is 299. The van der Waals surface area contributed by atoms with Crippen molar-refractivity contribution < 1.29 is 9.53 Å². The first-order valence-corrected chi connectivity index (χ1v) is 6.80. The molecule has 1 N–H and O–H groups in total. The van der Waals surface area contributed by atoms with Gasteiger partial charge in [0, 0.05) is 31.2 Å². The summed E-state index contributed by atoms with van der Waals surface area (Å²) in [5.41, 5.74) is 0. The number of carbonyl (C=O) groups excluding carboxylic acids is 1. The van der Waals surface area contributed by atoms with E-state index in [2.05, 4.69) is 31.1 Å². The van der Waals surface area contributed by atoms with Crippen molar-refractivity contribution in [3.05, 3.63) is 0 Å². The lowest BCUT2D eigenvalue weighted by molar-refractivity contribution is -0.140. The Balaban J connectivity index is 2.01. The zero-order valence-electron chi connectivity index (χ0n) is 11.8. The molecule has 0 aromatic carbocycles. The molecule has 4 atom stereocenters. The highest BCUT2D eigenvalue weighted by atomic mass is 16.5. The average Bonchev–Trinajstić information content (AvgIpc) is 2.82. The first-order chi connectivity index (χ1) is 8.54. The van der Waals surface area contributed by atoms with Crippen molar-refractivity contribution in [2.45, 2.75) is 32.0 Å². The van der Waals surface area contributed by atoms with Crippen molar-refractivity contribution in [2.75, 3.05) is 40.4 Å². The molecule has 2 rings (SSSR count). The summed E-state index contributed by atoms with van der Waals surface area (Å²) in [5.74, 6) is 0.233. The van der Waals surface area contributed by atoms with E-state index in [0.717, 1.165) is 13.1 Å². The van der Waals surface area contributed by atoms with Crippen LogP contribution in [0.1, 0.15) is 13.8 Å². The van der Waals surface area contributed by atoms with Crippen molar-refractivity contribution in [3.8, 4) is 0 Å². The molecule has 0 aliphatic carbocycles. The number of nitrogens with zero attached hydrogens (tertiary/aromatic N) is 2. The number of amides is 1. The van der Waals surface area contributed by atoms with E-state index in [1.54, 1.807) is 0 Å². The topological polar surface area (TPSA) is 44.8 Å². The van der Waals surface area contributed by atoms with Crippen LogP contribution in [-0.4, -0.2) is 74.2 Å². The van der Waals surface area contributed by atoms with Gasteiger partial charge in [0.25, 0.3) is 0 Å². The van der Waals surface area contributed by atoms with E-state index in [0.29, 0.717) is 25.3 Å². The molecule has 0 saturated carbocycles. The van der Waals surface area contributed by atoms with Crippen LogP contribution in [0.3, 0.4) is 0 Å². The summed E-state index contributed by atoms with van der Waals surface area (Å²) in [7, 11) is 4.03. The van der Waals surface area contributed by atoms with Crippen molar-refractivity contribution >= 4 is 5.91 Å². The van der Waals surface area contributed by atoms with Gasteiger partial charge in [-0.15, -0.1) is 0 Å². The van der Waals surface area contributed by atoms with Crippen molar-refractivity contribution in [3.63, 3.8) is 0 Å². The largest absolute Gasteiger partial charge is 0.379 e. The molecule has 1 amide bonds. The Morgan fingerprint density at radius 2 is 1.83 bits per heavy atom. The molecule has 0 radical (unpaired) electrons. The third-order valence-electron chi connectivity index (χ3n) is 4.44. The molecule has 0 aromatic heterocycles. The van der Waals surface area contributed by atoms with E-state index in [1.807, 2.05) is 11.9 Å². The molecule has 0 bridgehead atoms. The predicted octanol–water partition coefficient (Wildman–Crippen LogP) is -0.228. The molecule has 2 fully saturated rings. The number of hydrogen-bond donors (Lipinski definition) is 1. The van der Waals surface area contributed by atoms with Crippen LogP contribution in [0.2, 0.25) is 0 Å². The molecule has 2 aliphatic heterocycles. The van der Waals surface area contributed by atoms with Crippen LogP contribution in [-0.2, 0) is 9.53 Å². The average molecular weight is 255 g/mol. The maximum Gasteiger partial charge on any atom is 0.229 e. The van der Waals surface area contributed by atoms with Crippen LogP contribution in [0.5, 0.6) is 0 Å². The van der Waals surface area contributed by atoms with E-state index in [9.17, 15) is 4.79 Å². The predicted molar refractivity (Wildman–Crippen MR) is 70.4 cm³/mol. The zero-order chi connectivity index (χ0) is 13.3. The highest BCUT2D eigenvalue weighted by Crippen LogP contribution is 2.20. The fourth-order valence-electron chi connectivity index (χ4n) is 2.90. The summed E-state index contributed by atoms with van der Waals surface area (Å²) in [6.07, 6.45) is 0. The SMILES string of the molecule is CNC1COCC1C(=O)N1CC(C)N(C)C(C)C1. The number of carbonyl (C=O) groups is 1. The van der Waals surface area contributed by atoms with Gasteiger partial charge in [-0.3, -0.25) is 9.69 Å². The maximum absolute atomic E-state index is 12.6. The molecule has 104 valence electrons. The van der Waals surface area contributed by atoms with E-state index in [1.165, 1.54) is 0 Å². The smallest absolute Gasteiger partial charge is 0.229 e. The van der Waals surface area contributed by atoms with Crippen LogP contribution in [0.25, 0.3) is 0 Å². The summed E-state index contributed by atoms with van der Waals surface area (Å²) < 4.78 is 5.43. The Hall–Kier alpha value is -0.650. The molecule has 2 heterocycles. The molecule has 5 heteroatoms. The second kappa shape index (κ2) is 5.55. The Labute approximate surface area is 109 Å². The van der Waals surface area contributed by atoms with Crippen molar-refractivity contribution in [2.24, 2.45) is 5.92 Å². The lowest BCUT2D eigenvalue weighted by Gasteiger charge is -2.43. The summed E-state index contributed by atoms with van der Waals surface area (Å²) in [6, 6.07) is 1.02. The van der Waals surface area contributed by atoms with Gasteiger partial charge in [0.1, 0.15) is 0 Å². The molecule has 5 nitrogen and oxygen atoms in total. The minimum absolute atomic E-state index is 0.0159. The van der Waals surface area contributed by atoms with Crippen molar-refractivity contribution in [1.29, 1.82) is 0 Å². The quantitative estimate of drug-likeness (QED) is 0.740. The van der Waals surface area contributed by atoms with Gasteiger partial charge in [-0.1, -0.05) is 0 Å². The first kappa shape index (κ1) is 13.8. The van der Waals surface area contributed by atoms with Crippen LogP contribution in [0.4, 0.5) is 0 Å². The van der Waals surface area contributed by atoms with Crippen LogP contribution >= 0.6 is 0 Å². The van der Waals surface area contributed by atoms with Gasteiger partial charge < -0.3 is 15.0 Å². The first-order valence-electron chi connectivity index (χ1n) is 6.80. The highest BCUT2D eigenvalue weighted by molar-refractivity contribution is 5.80. The normalized spacial score (nSPS) is 38.1. The minimum Gasteiger partial charge on any atom is -0.379 e. The third kappa shape index (κ3) is 2.53. The Kier molecular flexibility index (Phi) is 4.25. The number of piperazine rings is 1. The van der Waals surface area contributed by atoms with E-state index in [-0.39, 0.29) is 17.9 Å². The number of nitrogens with one attached hydrogen (secondary N) is 1. The van der Waals surface area contributed by atoms with Crippen molar-refractivity contribution in [1.82, 2.24) is 15.1 Å². The van der Waals surface area contributed by atoms with E-state index in [4.69, 9.17) is 4.74 Å². The summed E-state index contributed by atoms with van der Waals surface area (Å²) >= 11 is 0. The maximum atomic E-state index is 12.6. The second-order valence-electron chi connectivity index (χ2n) is 5.65. The lowest BCUT2D eigenvalue weighted by atomic mass is 10.00. The molecule has 4 unspecified atom stereocenters. The number of rotatable bonds is 2. The van der Waals surface area contributed by atoms with Crippen LogP contribution in [0.15, 0.2) is 0 Å². The fraction of sp³-hybridized carbons (Fsp3) is 0.923. The number of ether oxygens (including phenoxy) is 1. The van der Waals surface area contributed by atoms with Gasteiger partial charge in [-0.25, -0.2) is 0 Å². The van der Waals surface area contributed by atoms with Crippen LogP contribution < -0.4 is 5.32 Å². The molecular weight excluding hydrogens is 230 g/mol. The molecular formula is C13H25N3O2. The highest BCUT2D eigenvalue weighted by Gasteiger charge is 2.38. The Morgan fingerprint density at radius 3 is 2.39 bits per heavy atom. The third-order valence-corrected chi connectivity index (χ3v) is 4.44. The molecule has 2 aliphatic rings. The molecule has 18 heavy (non-hydrogen) atoms. The van der Waals surface area contributed by atoms with Gasteiger partial charge in [0.15, 0.2) is 0 Å². The standard InChI is InChI=1S/C13H25N3O2/c1-9-5-16(6-10(2)15(9)4)13(17)11-7-18-8-12(11)14-3/h9-12,14H,5-8H2,1-4H3. The van der Waals surface area contributed by atoms with Gasteiger partial charge in [0.05, 0.1) is 19.1 Å². The number of hydrogen-bond acceptors (Lipinski definition) is 4. The van der Waals surface area contributed by atoms with Crippen LogP contribution in [0, 0.1) is 5.92 Å². The number of likely N-dealkylation sites (N-methyl/N-ethyl adjacent to an activating group) is 2. The lowest BCUT2D eigenvalue weighted by Crippen LogP contribution is -2.58. The van der Waals surface area contributed by atoms with Gasteiger partial charge in [0.2, 0.25) is 5.91 Å².